The topological polar surface area (TPSA) is 63.6 Å². The van der Waals surface area contributed by atoms with Crippen LogP contribution in [0.4, 0.5) is 0 Å². The Labute approximate surface area is 81.1 Å². The number of hydrogen-bond donors (Lipinski definition) is 1. The lowest BCUT2D eigenvalue weighted by Gasteiger charge is -2.06. The van der Waals surface area contributed by atoms with Crippen LogP contribution in [0.2, 0.25) is 0 Å². The third-order valence-corrected chi connectivity index (χ3v) is 1.85. The fraction of sp³-hybridized carbons (Fsp3) is 0.200. The number of aromatic hydroxyl groups is 1. The molecule has 0 aliphatic heterocycles. The van der Waals surface area contributed by atoms with Gasteiger partial charge in [0.25, 0.3) is 0 Å². The van der Waals surface area contributed by atoms with Crippen LogP contribution in [0.25, 0.3) is 0 Å². The summed E-state index contributed by atoms with van der Waals surface area (Å²) >= 11 is 0. The van der Waals surface area contributed by atoms with E-state index in [4.69, 9.17) is 0 Å². The molecule has 14 heavy (non-hydrogen) atoms. The van der Waals surface area contributed by atoms with Crippen LogP contribution in [0, 0.1) is 13.0 Å². The first kappa shape index (κ1) is 10.2. The zero-order valence-corrected chi connectivity index (χ0v) is 7.83. The van der Waals surface area contributed by atoms with E-state index in [1.165, 1.54) is 13.2 Å². The lowest BCUT2D eigenvalue weighted by atomic mass is 10.0. The van der Waals surface area contributed by atoms with Gasteiger partial charge in [-0.1, -0.05) is 0 Å². The number of aryl methyl sites for hydroxylation is 1. The van der Waals surface area contributed by atoms with Crippen LogP contribution in [0.5, 0.6) is 5.75 Å². The van der Waals surface area contributed by atoms with E-state index in [9.17, 15) is 14.7 Å². The molecule has 0 unspecified atom stereocenters. The van der Waals surface area contributed by atoms with Crippen molar-refractivity contribution in [3.63, 3.8) is 0 Å². The summed E-state index contributed by atoms with van der Waals surface area (Å²) in [7, 11) is 1.20. The Morgan fingerprint density at radius 2 is 2.29 bits per heavy atom. The van der Waals surface area contributed by atoms with Gasteiger partial charge in [-0.15, -0.1) is 0 Å². The van der Waals surface area contributed by atoms with Gasteiger partial charge in [-0.3, -0.25) is 4.79 Å². The number of benzene rings is 1. The van der Waals surface area contributed by atoms with Gasteiger partial charge in [0.15, 0.2) is 6.29 Å². The number of methoxy groups -OCH3 is 1. The highest BCUT2D eigenvalue weighted by Gasteiger charge is 2.17. The summed E-state index contributed by atoms with van der Waals surface area (Å²) in [5.41, 5.74) is 0.452. The number of rotatable bonds is 2. The fourth-order valence-electron chi connectivity index (χ4n) is 1.09. The van der Waals surface area contributed by atoms with Crippen molar-refractivity contribution in [2.45, 2.75) is 6.92 Å². The number of phenolic OH excluding ortho intramolecular Hbond substituents is 1. The molecule has 1 radical (unpaired) electrons. The predicted molar refractivity (Wildman–Crippen MR) is 48.4 cm³/mol. The standard InChI is InChI=1S/C10H9O4/c1-6-3-4-7(5-11)9(12)8(6)10(13)14-2/h4-5,12H,1-2H3. The molecule has 4 nitrogen and oxygen atoms in total. The Morgan fingerprint density at radius 1 is 1.64 bits per heavy atom. The number of carbonyl (C=O) groups is 2. The van der Waals surface area contributed by atoms with Crippen molar-refractivity contribution in [3.8, 4) is 5.75 Å². The van der Waals surface area contributed by atoms with Crippen molar-refractivity contribution in [1.82, 2.24) is 0 Å². The Morgan fingerprint density at radius 3 is 2.79 bits per heavy atom. The second-order valence-corrected chi connectivity index (χ2v) is 2.70. The van der Waals surface area contributed by atoms with Crippen molar-refractivity contribution in [3.05, 3.63) is 28.8 Å². The van der Waals surface area contributed by atoms with E-state index in [1.807, 2.05) is 0 Å². The van der Waals surface area contributed by atoms with E-state index in [1.54, 1.807) is 6.92 Å². The van der Waals surface area contributed by atoms with Crippen LogP contribution < -0.4 is 0 Å². The first-order chi connectivity index (χ1) is 6.61. The highest BCUT2D eigenvalue weighted by atomic mass is 16.5. The van der Waals surface area contributed by atoms with Crippen LogP contribution in [0.1, 0.15) is 26.3 Å². The maximum atomic E-state index is 11.2. The molecule has 0 amide bonds. The van der Waals surface area contributed by atoms with Crippen molar-refractivity contribution >= 4 is 12.3 Å². The number of phenols is 1. The van der Waals surface area contributed by atoms with Crippen molar-refractivity contribution in [1.29, 1.82) is 0 Å². The summed E-state index contributed by atoms with van der Waals surface area (Å²) in [6, 6.07) is 4.01. The summed E-state index contributed by atoms with van der Waals surface area (Å²) < 4.78 is 4.46. The molecule has 0 aromatic heterocycles. The zero-order valence-electron chi connectivity index (χ0n) is 7.83. The Balaban J connectivity index is 3.39. The minimum absolute atomic E-state index is 0.0166. The summed E-state index contributed by atoms with van der Waals surface area (Å²) in [5, 5.41) is 9.52. The molecule has 0 aliphatic carbocycles. The number of esters is 1. The van der Waals surface area contributed by atoms with Crippen molar-refractivity contribution in [2.75, 3.05) is 7.11 Å². The Kier molecular flexibility index (Phi) is 2.86. The second kappa shape index (κ2) is 3.91. The van der Waals surface area contributed by atoms with Crippen molar-refractivity contribution < 1.29 is 19.4 Å². The molecule has 1 rings (SSSR count). The third-order valence-electron chi connectivity index (χ3n) is 1.85. The molecule has 1 aromatic rings. The van der Waals surface area contributed by atoms with Gasteiger partial charge < -0.3 is 9.84 Å². The van der Waals surface area contributed by atoms with Gasteiger partial charge in [-0.25, -0.2) is 4.79 Å². The van der Waals surface area contributed by atoms with Crippen LogP contribution in [-0.2, 0) is 4.74 Å². The molecular formula is C10H9O4. The van der Waals surface area contributed by atoms with E-state index in [0.29, 0.717) is 11.8 Å². The van der Waals surface area contributed by atoms with Crippen molar-refractivity contribution in [2.24, 2.45) is 0 Å². The average molecular weight is 193 g/mol. The number of ether oxygens (including phenoxy) is 1. The number of carbonyl (C=O) groups excluding carboxylic acids is 2. The summed E-state index contributed by atoms with van der Waals surface area (Å²) in [5.74, 6) is -1.04. The monoisotopic (exact) mass is 193 g/mol. The lowest BCUT2D eigenvalue weighted by Crippen LogP contribution is -2.05. The van der Waals surface area contributed by atoms with Gasteiger partial charge in [0.05, 0.1) is 12.7 Å². The molecule has 0 saturated carbocycles. The Bertz CT molecular complexity index is 382. The molecule has 0 fully saturated rings. The van der Waals surface area contributed by atoms with Gasteiger partial charge in [0.2, 0.25) is 0 Å². The maximum absolute atomic E-state index is 11.2. The van der Waals surface area contributed by atoms with Gasteiger partial charge in [0, 0.05) is 0 Å². The predicted octanol–water partition coefficient (Wildman–Crippen LogP) is 1.10. The molecule has 73 valence electrons. The van der Waals surface area contributed by atoms with E-state index < -0.39 is 5.97 Å². The summed E-state index contributed by atoms with van der Waals surface area (Å²) in [4.78, 5) is 21.7. The fourth-order valence-corrected chi connectivity index (χ4v) is 1.09. The van der Waals surface area contributed by atoms with Gasteiger partial charge >= 0.3 is 5.97 Å². The largest absolute Gasteiger partial charge is 0.506 e. The molecular weight excluding hydrogens is 184 g/mol. The smallest absolute Gasteiger partial charge is 0.341 e. The molecule has 0 spiro atoms. The van der Waals surface area contributed by atoms with E-state index in [-0.39, 0.29) is 16.9 Å². The SMILES string of the molecule is COC(=O)c1c(C)[c]cc(C=O)c1O. The third kappa shape index (κ3) is 1.59. The molecule has 0 heterocycles. The molecule has 0 aliphatic rings. The van der Waals surface area contributed by atoms with E-state index in [0.717, 1.165) is 0 Å². The number of hydrogen-bond acceptors (Lipinski definition) is 4. The molecule has 4 heteroatoms. The van der Waals surface area contributed by atoms with Gasteiger partial charge in [-0.05, 0) is 24.6 Å². The minimum Gasteiger partial charge on any atom is -0.506 e. The zero-order chi connectivity index (χ0) is 10.7. The number of aldehydes is 1. The molecule has 1 N–H and O–H groups in total. The minimum atomic E-state index is -0.681. The average Bonchev–Trinajstić information content (AvgIpc) is 2.18. The Hall–Kier alpha value is -1.84. The lowest BCUT2D eigenvalue weighted by molar-refractivity contribution is 0.0596. The van der Waals surface area contributed by atoms with Gasteiger partial charge in [0.1, 0.15) is 11.3 Å². The van der Waals surface area contributed by atoms with Crippen LogP contribution in [-0.4, -0.2) is 24.5 Å². The molecule has 0 atom stereocenters. The van der Waals surface area contributed by atoms with Crippen LogP contribution in [0.15, 0.2) is 6.07 Å². The van der Waals surface area contributed by atoms with E-state index >= 15 is 0 Å². The maximum Gasteiger partial charge on any atom is 0.341 e. The first-order valence-electron chi connectivity index (χ1n) is 3.89. The highest BCUT2D eigenvalue weighted by Crippen LogP contribution is 2.24. The molecule has 0 bridgehead atoms. The normalized spacial score (nSPS) is 9.57. The molecule has 0 saturated heterocycles. The van der Waals surface area contributed by atoms with Crippen LogP contribution >= 0.6 is 0 Å². The summed E-state index contributed by atoms with van der Waals surface area (Å²) in [6.45, 7) is 1.60. The van der Waals surface area contributed by atoms with E-state index in [2.05, 4.69) is 10.8 Å². The van der Waals surface area contributed by atoms with Crippen LogP contribution in [0.3, 0.4) is 0 Å². The highest BCUT2D eigenvalue weighted by molar-refractivity contribution is 5.97. The summed E-state index contributed by atoms with van der Waals surface area (Å²) in [6.07, 6.45) is 0.456. The van der Waals surface area contributed by atoms with Gasteiger partial charge in [-0.2, -0.15) is 0 Å². The first-order valence-corrected chi connectivity index (χ1v) is 3.89. The quantitative estimate of drug-likeness (QED) is 0.564. The second-order valence-electron chi connectivity index (χ2n) is 2.70. The molecule has 1 aromatic carbocycles.